The summed E-state index contributed by atoms with van der Waals surface area (Å²) in [5, 5.41) is 4.87. The Morgan fingerprint density at radius 3 is 2.80 bits per heavy atom. The van der Waals surface area contributed by atoms with E-state index >= 15 is 0 Å². The number of aryl methyl sites for hydroxylation is 1. The van der Waals surface area contributed by atoms with Crippen molar-refractivity contribution in [2.75, 3.05) is 5.75 Å². The molecule has 0 fully saturated rings. The van der Waals surface area contributed by atoms with Crippen LogP contribution in [0.5, 0.6) is 0 Å². The van der Waals surface area contributed by atoms with Crippen LogP contribution in [-0.2, 0) is 6.54 Å². The molecule has 0 radical (unpaired) electrons. The third-order valence-electron chi connectivity index (χ3n) is 2.18. The van der Waals surface area contributed by atoms with Crippen LogP contribution in [0.2, 0.25) is 0 Å². The van der Waals surface area contributed by atoms with Crippen LogP contribution in [0.4, 0.5) is 0 Å². The molecule has 1 heterocycles. The van der Waals surface area contributed by atoms with E-state index in [2.05, 4.69) is 31.3 Å². The number of hydrazine groups is 1. The van der Waals surface area contributed by atoms with Crippen LogP contribution in [0.25, 0.3) is 0 Å². The summed E-state index contributed by atoms with van der Waals surface area (Å²) in [7, 11) is 0. The van der Waals surface area contributed by atoms with Crippen molar-refractivity contribution in [2.45, 2.75) is 38.6 Å². The highest BCUT2D eigenvalue weighted by molar-refractivity contribution is 7.99. The van der Waals surface area contributed by atoms with Crippen LogP contribution >= 0.6 is 11.8 Å². The van der Waals surface area contributed by atoms with E-state index in [1.807, 2.05) is 28.8 Å². The Morgan fingerprint density at radius 1 is 1.60 bits per heavy atom. The van der Waals surface area contributed by atoms with E-state index in [-0.39, 0.29) is 6.04 Å². The van der Waals surface area contributed by atoms with Crippen molar-refractivity contribution >= 4 is 11.8 Å². The molecule has 0 aliphatic rings. The van der Waals surface area contributed by atoms with E-state index in [9.17, 15) is 0 Å². The number of rotatable bonds is 6. The molecule has 1 unspecified atom stereocenters. The van der Waals surface area contributed by atoms with E-state index < -0.39 is 0 Å². The molecule has 0 saturated heterocycles. The van der Waals surface area contributed by atoms with Gasteiger partial charge in [-0.25, -0.2) is 0 Å². The number of nitrogens with one attached hydrogen (secondary N) is 1. The molecule has 3 N–H and O–H groups in total. The largest absolute Gasteiger partial charge is 0.273 e. The number of thioether (sulfide) groups is 1. The summed E-state index contributed by atoms with van der Waals surface area (Å²) in [6.07, 6.45) is 3.93. The Balaban J connectivity index is 2.57. The minimum absolute atomic E-state index is 0.192. The quantitative estimate of drug-likeness (QED) is 0.573. The fourth-order valence-corrected chi connectivity index (χ4v) is 2.13. The average molecular weight is 228 g/mol. The molecule has 86 valence electrons. The molecule has 0 aromatic carbocycles. The Bertz CT molecular complexity index is 285. The van der Waals surface area contributed by atoms with Gasteiger partial charge in [-0.1, -0.05) is 13.8 Å². The molecule has 1 aromatic heterocycles. The van der Waals surface area contributed by atoms with Crippen molar-refractivity contribution in [3.8, 4) is 0 Å². The van der Waals surface area contributed by atoms with Crippen LogP contribution in [0.15, 0.2) is 12.4 Å². The zero-order chi connectivity index (χ0) is 11.3. The first-order chi connectivity index (χ1) is 7.17. The smallest absolute Gasteiger partial charge is 0.0581 e. The summed E-state index contributed by atoms with van der Waals surface area (Å²) < 4.78 is 1.92. The van der Waals surface area contributed by atoms with Gasteiger partial charge in [0, 0.05) is 24.1 Å². The predicted molar refractivity (Wildman–Crippen MR) is 65.6 cm³/mol. The fraction of sp³-hybridized carbons (Fsp3) is 0.700. The van der Waals surface area contributed by atoms with Crippen LogP contribution < -0.4 is 11.3 Å². The van der Waals surface area contributed by atoms with Gasteiger partial charge in [0.1, 0.15) is 0 Å². The molecule has 1 atom stereocenters. The minimum Gasteiger partial charge on any atom is -0.273 e. The maximum Gasteiger partial charge on any atom is 0.0581 e. The first kappa shape index (κ1) is 12.5. The second-order valence-corrected chi connectivity index (χ2v) is 5.34. The monoisotopic (exact) mass is 228 g/mol. The molecule has 0 bridgehead atoms. The number of nitrogens with zero attached hydrogens (tertiary/aromatic N) is 2. The van der Waals surface area contributed by atoms with Gasteiger partial charge >= 0.3 is 0 Å². The molecular weight excluding hydrogens is 208 g/mol. The lowest BCUT2D eigenvalue weighted by Gasteiger charge is -2.14. The van der Waals surface area contributed by atoms with Crippen molar-refractivity contribution in [3.05, 3.63) is 18.0 Å². The van der Waals surface area contributed by atoms with Gasteiger partial charge in [0.15, 0.2) is 0 Å². The van der Waals surface area contributed by atoms with Crippen LogP contribution in [0.3, 0.4) is 0 Å². The van der Waals surface area contributed by atoms with E-state index in [1.54, 1.807) is 0 Å². The van der Waals surface area contributed by atoms with Gasteiger partial charge in [-0.05, 0) is 12.2 Å². The van der Waals surface area contributed by atoms with Crippen molar-refractivity contribution in [1.29, 1.82) is 0 Å². The Hall–Kier alpha value is -0.520. The molecule has 0 spiro atoms. The zero-order valence-electron chi connectivity index (χ0n) is 9.60. The highest BCUT2D eigenvalue weighted by Gasteiger charge is 2.12. The van der Waals surface area contributed by atoms with Gasteiger partial charge in [-0.2, -0.15) is 16.9 Å². The summed E-state index contributed by atoms with van der Waals surface area (Å²) >= 11 is 1.90. The molecule has 5 heteroatoms. The normalized spacial score (nSPS) is 13.4. The lowest BCUT2D eigenvalue weighted by Crippen LogP contribution is -2.29. The standard InChI is InChI=1S/C10H20N4S/c1-4-14-6-9(5-12-14)10(13-11)7-15-8(2)3/h5-6,8,10,13H,4,7,11H2,1-3H3. The number of nitrogens with two attached hydrogens (primary N) is 1. The third kappa shape index (κ3) is 3.85. The molecule has 0 saturated carbocycles. The highest BCUT2D eigenvalue weighted by Crippen LogP contribution is 2.20. The van der Waals surface area contributed by atoms with E-state index in [1.165, 1.54) is 0 Å². The number of aromatic nitrogens is 2. The fourth-order valence-electron chi connectivity index (χ4n) is 1.26. The summed E-state index contributed by atoms with van der Waals surface area (Å²) in [4.78, 5) is 0. The van der Waals surface area contributed by atoms with Crippen molar-refractivity contribution in [2.24, 2.45) is 5.84 Å². The lowest BCUT2D eigenvalue weighted by atomic mass is 10.2. The highest BCUT2D eigenvalue weighted by atomic mass is 32.2. The van der Waals surface area contributed by atoms with Gasteiger partial charge in [-0.15, -0.1) is 0 Å². The van der Waals surface area contributed by atoms with Gasteiger partial charge in [0.05, 0.1) is 12.2 Å². The molecule has 0 aliphatic carbocycles. The maximum atomic E-state index is 5.54. The first-order valence-corrected chi connectivity index (χ1v) is 6.32. The number of hydrogen-bond donors (Lipinski definition) is 2. The number of hydrogen-bond acceptors (Lipinski definition) is 4. The van der Waals surface area contributed by atoms with E-state index in [0.29, 0.717) is 5.25 Å². The molecule has 1 rings (SSSR count). The second kappa shape index (κ2) is 6.15. The van der Waals surface area contributed by atoms with Crippen LogP contribution in [0.1, 0.15) is 32.4 Å². The van der Waals surface area contributed by atoms with Gasteiger partial charge in [0.2, 0.25) is 0 Å². The summed E-state index contributed by atoms with van der Waals surface area (Å²) in [6, 6.07) is 0.192. The molecule has 15 heavy (non-hydrogen) atoms. The SMILES string of the molecule is CCn1cc(C(CSC(C)C)NN)cn1. The lowest BCUT2D eigenvalue weighted by molar-refractivity contribution is 0.606. The van der Waals surface area contributed by atoms with Crippen molar-refractivity contribution in [1.82, 2.24) is 15.2 Å². The van der Waals surface area contributed by atoms with Crippen molar-refractivity contribution in [3.63, 3.8) is 0 Å². The zero-order valence-corrected chi connectivity index (χ0v) is 10.4. The Morgan fingerprint density at radius 2 is 2.33 bits per heavy atom. The molecule has 0 aliphatic heterocycles. The van der Waals surface area contributed by atoms with E-state index in [4.69, 9.17) is 5.84 Å². The predicted octanol–water partition coefficient (Wildman–Crippen LogP) is 1.55. The summed E-state index contributed by atoms with van der Waals surface area (Å²) in [5.74, 6) is 6.52. The van der Waals surface area contributed by atoms with E-state index in [0.717, 1.165) is 17.9 Å². The topological polar surface area (TPSA) is 55.9 Å². The maximum absolute atomic E-state index is 5.54. The first-order valence-electron chi connectivity index (χ1n) is 5.27. The third-order valence-corrected chi connectivity index (χ3v) is 3.37. The van der Waals surface area contributed by atoms with Gasteiger partial charge < -0.3 is 0 Å². The molecule has 4 nitrogen and oxygen atoms in total. The summed E-state index contributed by atoms with van der Waals surface area (Å²) in [5.41, 5.74) is 4.00. The second-order valence-electron chi connectivity index (χ2n) is 3.73. The molecule has 0 amide bonds. The van der Waals surface area contributed by atoms with Gasteiger partial charge in [0.25, 0.3) is 0 Å². The van der Waals surface area contributed by atoms with Crippen LogP contribution in [-0.4, -0.2) is 20.8 Å². The van der Waals surface area contributed by atoms with Crippen LogP contribution in [0, 0.1) is 0 Å². The average Bonchev–Trinajstić information content (AvgIpc) is 2.67. The Kier molecular flexibility index (Phi) is 5.14. The Labute approximate surface area is 95.6 Å². The van der Waals surface area contributed by atoms with Gasteiger partial charge in [-0.3, -0.25) is 16.0 Å². The minimum atomic E-state index is 0.192. The molecule has 1 aromatic rings. The van der Waals surface area contributed by atoms with Crippen molar-refractivity contribution < 1.29 is 0 Å². The summed E-state index contributed by atoms with van der Waals surface area (Å²) in [6.45, 7) is 7.35. The molecular formula is C10H20N4S.